The van der Waals surface area contributed by atoms with Crippen LogP contribution < -0.4 is 20.1 Å². The van der Waals surface area contributed by atoms with Crippen LogP contribution >= 0.6 is 0 Å². The van der Waals surface area contributed by atoms with Gasteiger partial charge in [-0.05, 0) is 30.3 Å². The number of benzene rings is 2. The Kier molecular flexibility index (Phi) is 5.96. The molecule has 0 fully saturated rings. The minimum atomic E-state index is -0.280. The second-order valence-electron chi connectivity index (χ2n) is 7.61. The van der Waals surface area contributed by atoms with Gasteiger partial charge >= 0.3 is 0 Å². The summed E-state index contributed by atoms with van der Waals surface area (Å²) in [6, 6.07) is 20.2. The van der Waals surface area contributed by atoms with E-state index in [0.717, 1.165) is 16.8 Å². The average molecular weight is 467 g/mol. The van der Waals surface area contributed by atoms with Crippen LogP contribution in [0.2, 0.25) is 0 Å². The molecule has 0 spiro atoms. The highest BCUT2D eigenvalue weighted by Crippen LogP contribution is 2.32. The topological polar surface area (TPSA) is 103 Å². The summed E-state index contributed by atoms with van der Waals surface area (Å²) in [5, 5.41) is 5.87. The van der Waals surface area contributed by atoms with Gasteiger partial charge in [-0.3, -0.25) is 14.8 Å². The molecule has 3 aromatic heterocycles. The maximum atomic E-state index is 11.8. The number of hydrogen-bond acceptors (Lipinski definition) is 7. The molecule has 0 aliphatic carbocycles. The molecule has 0 aliphatic heterocycles. The van der Waals surface area contributed by atoms with Gasteiger partial charge in [0, 0.05) is 44.7 Å². The predicted molar refractivity (Wildman–Crippen MR) is 132 cm³/mol. The molecule has 1 amide bonds. The van der Waals surface area contributed by atoms with Crippen molar-refractivity contribution in [3.05, 3.63) is 91.0 Å². The lowest BCUT2D eigenvalue weighted by atomic mass is 10.3. The molecule has 0 saturated heterocycles. The predicted octanol–water partition coefficient (Wildman–Crippen LogP) is 5.05. The normalized spacial score (nSPS) is 10.7. The van der Waals surface area contributed by atoms with Crippen molar-refractivity contribution in [3.8, 4) is 23.0 Å². The molecule has 9 nitrogen and oxygen atoms in total. The summed E-state index contributed by atoms with van der Waals surface area (Å²) in [6.07, 6.45) is 4.90. The molecule has 0 unspecified atom stereocenters. The second kappa shape index (κ2) is 9.52. The number of anilines is 2. The maximum absolute atomic E-state index is 11.8. The van der Waals surface area contributed by atoms with E-state index >= 15 is 0 Å². The molecule has 5 aromatic rings. The van der Waals surface area contributed by atoms with Gasteiger partial charge in [0.25, 0.3) is 5.91 Å². The lowest BCUT2D eigenvalue weighted by Crippen LogP contribution is -2.18. The summed E-state index contributed by atoms with van der Waals surface area (Å²) in [5.74, 6) is 2.79. The molecule has 5 rings (SSSR count). The van der Waals surface area contributed by atoms with E-state index in [4.69, 9.17) is 14.5 Å². The number of aryl methyl sites for hydroxylation is 1. The van der Waals surface area contributed by atoms with Gasteiger partial charge in [0.2, 0.25) is 5.95 Å². The third-order valence-corrected chi connectivity index (χ3v) is 5.28. The number of aromatic nitrogens is 4. The van der Waals surface area contributed by atoms with Crippen LogP contribution in [0.25, 0.3) is 11.0 Å². The first-order valence-corrected chi connectivity index (χ1v) is 10.9. The average Bonchev–Trinajstić information content (AvgIpc) is 3.19. The molecule has 0 atom stereocenters. The van der Waals surface area contributed by atoms with Crippen LogP contribution in [0.3, 0.4) is 0 Å². The Morgan fingerprint density at radius 2 is 1.74 bits per heavy atom. The van der Waals surface area contributed by atoms with Crippen LogP contribution in [0, 0.1) is 0 Å². The van der Waals surface area contributed by atoms with Crippen molar-refractivity contribution in [2.24, 2.45) is 7.05 Å². The summed E-state index contributed by atoms with van der Waals surface area (Å²) in [6.45, 7) is 0. The summed E-state index contributed by atoms with van der Waals surface area (Å²) in [5.41, 5.74) is 2.61. The fourth-order valence-corrected chi connectivity index (χ4v) is 3.52. The van der Waals surface area contributed by atoms with Crippen LogP contribution in [-0.4, -0.2) is 32.5 Å². The highest BCUT2D eigenvalue weighted by atomic mass is 16.5. The molecule has 2 N–H and O–H groups in total. The molecular formula is C26H22N6O3. The van der Waals surface area contributed by atoms with E-state index < -0.39 is 0 Å². The van der Waals surface area contributed by atoms with Gasteiger partial charge < -0.3 is 24.7 Å². The number of imidazole rings is 1. The zero-order valence-electron chi connectivity index (χ0n) is 19.1. The highest BCUT2D eigenvalue weighted by Gasteiger charge is 2.13. The van der Waals surface area contributed by atoms with Crippen LogP contribution in [0.15, 0.2) is 85.3 Å². The van der Waals surface area contributed by atoms with Crippen molar-refractivity contribution in [3.63, 3.8) is 0 Å². The molecule has 0 aliphatic rings. The Hall–Kier alpha value is -4.92. The van der Waals surface area contributed by atoms with Gasteiger partial charge in [0.15, 0.2) is 5.75 Å². The highest BCUT2D eigenvalue weighted by molar-refractivity contribution is 5.92. The lowest BCUT2D eigenvalue weighted by molar-refractivity contribution is 0.0958. The number of nitrogens with zero attached hydrogens (tertiary/aromatic N) is 4. The lowest BCUT2D eigenvalue weighted by Gasteiger charge is -2.12. The van der Waals surface area contributed by atoms with Gasteiger partial charge in [-0.2, -0.15) is 0 Å². The van der Waals surface area contributed by atoms with Gasteiger partial charge in [0.1, 0.15) is 28.6 Å². The standard InChI is InChI=1S/C26H22N6O3/c1-27-25(33)21-15-19(10-13-29-21)34-18-8-9-23-20(14-18)30-26(32(23)2)31-22-16-28-12-11-24(22)35-17-6-4-3-5-7-17/h3-16H,1-2H3,(H,27,33)(H,30,31). The summed E-state index contributed by atoms with van der Waals surface area (Å²) in [4.78, 5) is 24.9. The van der Waals surface area contributed by atoms with Crippen molar-refractivity contribution in [2.75, 3.05) is 12.4 Å². The molecule has 0 saturated carbocycles. The van der Waals surface area contributed by atoms with E-state index in [1.54, 1.807) is 37.6 Å². The Bertz CT molecular complexity index is 1500. The third-order valence-electron chi connectivity index (χ3n) is 5.28. The van der Waals surface area contributed by atoms with E-state index in [9.17, 15) is 4.79 Å². The maximum Gasteiger partial charge on any atom is 0.269 e. The van der Waals surface area contributed by atoms with E-state index in [-0.39, 0.29) is 11.6 Å². The number of carbonyl (C=O) groups is 1. The number of hydrogen-bond donors (Lipinski definition) is 2. The Morgan fingerprint density at radius 1 is 0.914 bits per heavy atom. The van der Waals surface area contributed by atoms with Gasteiger partial charge in [-0.1, -0.05) is 18.2 Å². The van der Waals surface area contributed by atoms with Crippen LogP contribution in [0.4, 0.5) is 11.6 Å². The van der Waals surface area contributed by atoms with Crippen molar-refractivity contribution >= 4 is 28.6 Å². The first-order valence-electron chi connectivity index (χ1n) is 10.9. The third kappa shape index (κ3) is 4.74. The Morgan fingerprint density at radius 3 is 2.57 bits per heavy atom. The molecule has 174 valence electrons. The number of fused-ring (bicyclic) bond motifs is 1. The smallest absolute Gasteiger partial charge is 0.269 e. The number of pyridine rings is 2. The van der Waals surface area contributed by atoms with E-state index in [1.165, 1.54) is 6.20 Å². The molecule has 3 heterocycles. The zero-order chi connectivity index (χ0) is 24.2. The number of nitrogens with one attached hydrogen (secondary N) is 2. The van der Waals surface area contributed by atoms with Gasteiger partial charge in [0.05, 0.1) is 17.2 Å². The summed E-state index contributed by atoms with van der Waals surface area (Å²) >= 11 is 0. The van der Waals surface area contributed by atoms with E-state index in [0.29, 0.717) is 28.9 Å². The van der Waals surface area contributed by atoms with E-state index in [1.807, 2.05) is 60.1 Å². The van der Waals surface area contributed by atoms with Crippen molar-refractivity contribution < 1.29 is 14.3 Å². The first kappa shape index (κ1) is 21.9. The number of carbonyl (C=O) groups excluding carboxylic acids is 1. The first-order chi connectivity index (χ1) is 17.1. The minimum Gasteiger partial charge on any atom is -0.457 e. The molecule has 0 bridgehead atoms. The van der Waals surface area contributed by atoms with Crippen LogP contribution in [-0.2, 0) is 7.05 Å². The van der Waals surface area contributed by atoms with Crippen LogP contribution in [0.5, 0.6) is 23.0 Å². The largest absolute Gasteiger partial charge is 0.457 e. The van der Waals surface area contributed by atoms with Gasteiger partial charge in [-0.15, -0.1) is 0 Å². The van der Waals surface area contributed by atoms with Gasteiger partial charge in [-0.25, -0.2) is 4.98 Å². The monoisotopic (exact) mass is 466 g/mol. The Labute approximate surface area is 201 Å². The summed E-state index contributed by atoms with van der Waals surface area (Å²) in [7, 11) is 3.48. The molecule has 2 aromatic carbocycles. The molecule has 9 heteroatoms. The number of para-hydroxylation sites is 1. The SMILES string of the molecule is CNC(=O)c1cc(Oc2ccc3c(c2)nc(Nc2cnccc2Oc2ccccc2)n3C)ccn1. The van der Waals surface area contributed by atoms with Crippen molar-refractivity contribution in [1.82, 2.24) is 24.8 Å². The Balaban J connectivity index is 1.40. The number of ether oxygens (including phenoxy) is 2. The number of amides is 1. The van der Waals surface area contributed by atoms with Crippen molar-refractivity contribution in [1.29, 1.82) is 0 Å². The van der Waals surface area contributed by atoms with E-state index in [2.05, 4.69) is 20.6 Å². The fraction of sp³-hybridized carbons (Fsp3) is 0.0769. The molecule has 0 radical (unpaired) electrons. The molecule has 35 heavy (non-hydrogen) atoms. The minimum absolute atomic E-state index is 0.278. The summed E-state index contributed by atoms with van der Waals surface area (Å²) < 4.78 is 13.9. The molecular weight excluding hydrogens is 444 g/mol. The second-order valence-corrected chi connectivity index (χ2v) is 7.61. The fourth-order valence-electron chi connectivity index (χ4n) is 3.52. The quantitative estimate of drug-likeness (QED) is 0.346. The number of rotatable bonds is 7. The van der Waals surface area contributed by atoms with Crippen molar-refractivity contribution in [2.45, 2.75) is 0 Å². The van der Waals surface area contributed by atoms with Crippen LogP contribution in [0.1, 0.15) is 10.5 Å². The zero-order valence-corrected chi connectivity index (χ0v) is 19.1.